The van der Waals surface area contributed by atoms with Gasteiger partial charge in [-0.25, -0.2) is 4.39 Å². The van der Waals surface area contributed by atoms with Gasteiger partial charge in [0.2, 0.25) is 6.29 Å². The number of methoxy groups -OCH3 is 1. The minimum atomic E-state index is -0.524. The van der Waals surface area contributed by atoms with Crippen molar-refractivity contribution in [2.75, 3.05) is 7.11 Å². The zero-order chi connectivity index (χ0) is 22.8. The molecule has 0 radical (unpaired) electrons. The maximum Gasteiger partial charge on any atom is 0.227 e. The van der Waals surface area contributed by atoms with E-state index in [1.165, 1.54) is 23.9 Å². The molecule has 0 fully saturated rings. The van der Waals surface area contributed by atoms with Gasteiger partial charge in [-0.05, 0) is 36.4 Å². The van der Waals surface area contributed by atoms with Gasteiger partial charge in [0, 0.05) is 35.1 Å². The lowest BCUT2D eigenvalue weighted by Crippen LogP contribution is -2.19. The van der Waals surface area contributed by atoms with Crippen LogP contribution >= 0.6 is 11.8 Å². The number of hydrogen-bond acceptors (Lipinski definition) is 6. The third kappa shape index (κ3) is 4.44. The molecule has 1 unspecified atom stereocenters. The minimum absolute atomic E-state index is 0.288. The zero-order valence-electron chi connectivity index (χ0n) is 18.2. The molecule has 0 spiro atoms. The molecule has 1 atom stereocenters. The van der Waals surface area contributed by atoms with Crippen molar-refractivity contribution < 1.29 is 18.6 Å². The number of benzene rings is 3. The van der Waals surface area contributed by atoms with Crippen LogP contribution in [0.15, 0.2) is 71.9 Å². The monoisotopic (exact) mass is 463 g/mol. The molecule has 33 heavy (non-hydrogen) atoms. The van der Waals surface area contributed by atoms with Crippen molar-refractivity contribution in [3.63, 3.8) is 0 Å². The highest BCUT2D eigenvalue weighted by Crippen LogP contribution is 2.39. The van der Waals surface area contributed by atoms with E-state index < -0.39 is 6.29 Å². The Morgan fingerprint density at radius 1 is 1.09 bits per heavy atom. The van der Waals surface area contributed by atoms with Crippen LogP contribution in [-0.4, -0.2) is 21.9 Å². The molecule has 0 saturated carbocycles. The number of thioether (sulfide) groups is 1. The van der Waals surface area contributed by atoms with Gasteiger partial charge in [-0.15, -0.1) is 10.2 Å². The molecule has 1 aromatic heterocycles. The fourth-order valence-corrected chi connectivity index (χ4v) is 4.61. The second-order valence-corrected chi connectivity index (χ2v) is 8.55. The molecular formula is C25H22FN3O3S. The normalized spacial score (nSPS) is 15.1. The van der Waals surface area contributed by atoms with Gasteiger partial charge in [0.15, 0.2) is 11.0 Å². The van der Waals surface area contributed by atoms with Crippen molar-refractivity contribution in [2.45, 2.75) is 23.8 Å². The number of fused-ring (bicyclic) bond motifs is 1. The molecule has 0 bridgehead atoms. The highest BCUT2D eigenvalue weighted by atomic mass is 32.2. The Kier molecular flexibility index (Phi) is 6.02. The first kappa shape index (κ1) is 21.5. The van der Waals surface area contributed by atoms with Gasteiger partial charge >= 0.3 is 0 Å². The molecule has 8 heteroatoms. The van der Waals surface area contributed by atoms with Crippen LogP contribution in [0.25, 0.3) is 11.4 Å². The van der Waals surface area contributed by atoms with Crippen LogP contribution in [0.4, 0.5) is 4.39 Å². The molecular weight excluding hydrogens is 441 g/mol. The van der Waals surface area contributed by atoms with E-state index in [9.17, 15) is 4.39 Å². The minimum Gasteiger partial charge on any atom is -0.497 e. The summed E-state index contributed by atoms with van der Waals surface area (Å²) in [5.74, 6) is 2.36. The molecule has 0 amide bonds. The summed E-state index contributed by atoms with van der Waals surface area (Å²) in [5.41, 5.74) is 3.32. The SMILES string of the molecule is COc1ccc(-c2nnc(SCc3cc(F)cc4c3OC(c3ccccc3)OC4)n2C)cc1. The van der Waals surface area contributed by atoms with Crippen LogP contribution < -0.4 is 9.47 Å². The van der Waals surface area contributed by atoms with Crippen LogP contribution in [0.1, 0.15) is 23.0 Å². The topological polar surface area (TPSA) is 58.4 Å². The Labute approximate surface area is 195 Å². The summed E-state index contributed by atoms with van der Waals surface area (Å²) in [4.78, 5) is 0. The second-order valence-electron chi connectivity index (χ2n) is 7.61. The van der Waals surface area contributed by atoms with E-state index >= 15 is 0 Å². The van der Waals surface area contributed by atoms with Gasteiger partial charge in [-0.2, -0.15) is 0 Å². The third-order valence-electron chi connectivity index (χ3n) is 5.43. The maximum absolute atomic E-state index is 14.3. The fraction of sp³-hybridized carbons (Fsp3) is 0.200. The molecule has 0 N–H and O–H groups in total. The van der Waals surface area contributed by atoms with E-state index in [4.69, 9.17) is 14.2 Å². The largest absolute Gasteiger partial charge is 0.497 e. The summed E-state index contributed by atoms with van der Waals surface area (Å²) >= 11 is 1.48. The standard InChI is InChI=1S/C25H22FN3O3S/c1-29-23(16-8-10-21(30-2)11-9-16)27-28-25(29)33-15-19-13-20(26)12-18-14-31-24(32-22(18)19)17-6-4-3-5-7-17/h3-13,24H,14-15H2,1-2H3. The average molecular weight is 464 g/mol. The summed E-state index contributed by atoms with van der Waals surface area (Å²) in [7, 11) is 3.55. The Balaban J connectivity index is 1.36. The van der Waals surface area contributed by atoms with Gasteiger partial charge in [0.25, 0.3) is 0 Å². The first-order valence-electron chi connectivity index (χ1n) is 10.4. The van der Waals surface area contributed by atoms with Gasteiger partial charge in [0.1, 0.15) is 17.3 Å². The predicted octanol–water partition coefficient (Wildman–Crippen LogP) is 5.53. The van der Waals surface area contributed by atoms with E-state index in [-0.39, 0.29) is 12.4 Å². The molecule has 2 heterocycles. The van der Waals surface area contributed by atoms with Gasteiger partial charge in [-0.3, -0.25) is 0 Å². The van der Waals surface area contributed by atoms with Gasteiger partial charge in [0.05, 0.1) is 13.7 Å². The molecule has 0 saturated heterocycles. The van der Waals surface area contributed by atoms with E-state index in [1.54, 1.807) is 7.11 Å². The molecule has 1 aliphatic rings. The van der Waals surface area contributed by atoms with Crippen LogP contribution in [0.3, 0.4) is 0 Å². The molecule has 5 rings (SSSR count). The van der Waals surface area contributed by atoms with Crippen LogP contribution in [0.2, 0.25) is 0 Å². The number of rotatable bonds is 6. The van der Waals surface area contributed by atoms with Crippen molar-refractivity contribution in [1.82, 2.24) is 14.8 Å². The van der Waals surface area contributed by atoms with Gasteiger partial charge in [-0.1, -0.05) is 42.1 Å². The number of nitrogens with zero attached hydrogens (tertiary/aromatic N) is 3. The summed E-state index contributed by atoms with van der Waals surface area (Å²) in [6.45, 7) is 0.288. The molecule has 3 aromatic carbocycles. The summed E-state index contributed by atoms with van der Waals surface area (Å²) in [6.07, 6.45) is -0.524. The summed E-state index contributed by atoms with van der Waals surface area (Å²) in [6, 6.07) is 20.4. The summed E-state index contributed by atoms with van der Waals surface area (Å²) < 4.78 is 33.4. The first-order valence-corrected chi connectivity index (χ1v) is 11.4. The van der Waals surface area contributed by atoms with E-state index in [2.05, 4.69) is 10.2 Å². The first-order chi connectivity index (χ1) is 16.1. The fourth-order valence-electron chi connectivity index (χ4n) is 3.73. The van der Waals surface area contributed by atoms with Crippen molar-refractivity contribution in [3.8, 4) is 22.9 Å². The summed E-state index contributed by atoms with van der Waals surface area (Å²) in [5, 5.41) is 9.40. The smallest absolute Gasteiger partial charge is 0.227 e. The van der Waals surface area contributed by atoms with E-state index in [0.29, 0.717) is 17.1 Å². The van der Waals surface area contributed by atoms with Crippen molar-refractivity contribution >= 4 is 11.8 Å². The number of halogens is 1. The van der Waals surface area contributed by atoms with Crippen LogP contribution in [-0.2, 0) is 24.1 Å². The lowest BCUT2D eigenvalue weighted by Gasteiger charge is -2.28. The molecule has 168 valence electrons. The Morgan fingerprint density at radius 3 is 2.64 bits per heavy atom. The Morgan fingerprint density at radius 2 is 1.88 bits per heavy atom. The third-order valence-corrected chi connectivity index (χ3v) is 6.50. The maximum atomic E-state index is 14.3. The van der Waals surface area contributed by atoms with Gasteiger partial charge < -0.3 is 18.8 Å². The molecule has 4 aromatic rings. The van der Waals surface area contributed by atoms with E-state index in [1.807, 2.05) is 66.2 Å². The lowest BCUT2D eigenvalue weighted by molar-refractivity contribution is -0.112. The zero-order valence-corrected chi connectivity index (χ0v) is 19.0. The highest BCUT2D eigenvalue weighted by molar-refractivity contribution is 7.98. The van der Waals surface area contributed by atoms with Crippen molar-refractivity contribution in [1.29, 1.82) is 0 Å². The van der Waals surface area contributed by atoms with Crippen LogP contribution in [0, 0.1) is 5.82 Å². The average Bonchev–Trinajstić information content (AvgIpc) is 3.23. The highest BCUT2D eigenvalue weighted by Gasteiger charge is 2.25. The Bertz CT molecular complexity index is 1260. The number of aromatic nitrogens is 3. The molecule has 1 aliphatic heterocycles. The van der Waals surface area contributed by atoms with Crippen molar-refractivity contribution in [3.05, 3.63) is 89.2 Å². The Hall–Kier alpha value is -3.36. The quantitative estimate of drug-likeness (QED) is 0.351. The predicted molar refractivity (Wildman–Crippen MR) is 124 cm³/mol. The number of hydrogen-bond donors (Lipinski definition) is 0. The number of ether oxygens (including phenoxy) is 3. The van der Waals surface area contributed by atoms with Crippen molar-refractivity contribution in [2.24, 2.45) is 7.05 Å². The molecule has 0 aliphatic carbocycles. The second kappa shape index (κ2) is 9.25. The lowest BCUT2D eigenvalue weighted by atomic mass is 10.1. The molecule has 6 nitrogen and oxygen atoms in total. The van der Waals surface area contributed by atoms with E-state index in [0.717, 1.165) is 33.4 Å². The van der Waals surface area contributed by atoms with Crippen LogP contribution in [0.5, 0.6) is 11.5 Å².